The third-order valence-corrected chi connectivity index (χ3v) is 5.41. The van der Waals surface area contributed by atoms with Gasteiger partial charge in [0.25, 0.3) is 0 Å². The minimum absolute atomic E-state index is 0.0620. The summed E-state index contributed by atoms with van der Waals surface area (Å²) in [7, 11) is 0. The number of hydrogen-bond donors (Lipinski definition) is 4. The maximum Gasteiger partial charge on any atom is 0.408 e. The number of carbonyl (C=O) groups is 5. The first kappa shape index (κ1) is 29.8. The first-order chi connectivity index (χ1) is 18.1. The molecule has 0 aromatic heterocycles. The number of esters is 1. The van der Waals surface area contributed by atoms with Gasteiger partial charge in [-0.05, 0) is 24.0 Å². The Morgan fingerprint density at radius 3 is 1.97 bits per heavy atom. The van der Waals surface area contributed by atoms with E-state index in [2.05, 4.69) is 16.0 Å². The molecule has 0 aliphatic carbocycles. The Bertz CT molecular complexity index is 1090. The molecule has 11 nitrogen and oxygen atoms in total. The van der Waals surface area contributed by atoms with Gasteiger partial charge in [0, 0.05) is 0 Å². The Morgan fingerprint density at radius 1 is 0.816 bits per heavy atom. The van der Waals surface area contributed by atoms with Crippen LogP contribution in [0.5, 0.6) is 0 Å². The fraction of sp³-hybridized carbons (Fsp3) is 0.370. The van der Waals surface area contributed by atoms with E-state index in [0.29, 0.717) is 11.1 Å². The second kappa shape index (κ2) is 15.0. The molecular formula is C27H33N3O8. The quantitative estimate of drug-likeness (QED) is 0.289. The zero-order chi connectivity index (χ0) is 28.1. The van der Waals surface area contributed by atoms with Gasteiger partial charge < -0.3 is 30.5 Å². The molecule has 0 heterocycles. The number of carbonyl (C=O) groups excluding carboxylic acids is 4. The summed E-state index contributed by atoms with van der Waals surface area (Å²) in [6, 6.07) is 13.1. The largest absolute Gasteiger partial charge is 0.480 e. The van der Waals surface area contributed by atoms with Crippen LogP contribution in [-0.2, 0) is 35.3 Å². The van der Waals surface area contributed by atoms with Crippen molar-refractivity contribution >= 4 is 29.8 Å². The van der Waals surface area contributed by atoms with Crippen molar-refractivity contribution in [3.63, 3.8) is 0 Å². The van der Waals surface area contributed by atoms with E-state index in [9.17, 15) is 29.1 Å². The lowest BCUT2D eigenvalue weighted by molar-refractivity contribution is -0.146. The number of carboxylic acid groups (broad SMARTS) is 1. The zero-order valence-electron chi connectivity index (χ0n) is 21.5. The Morgan fingerprint density at radius 2 is 1.42 bits per heavy atom. The molecule has 0 aliphatic heterocycles. The van der Waals surface area contributed by atoms with Crippen molar-refractivity contribution < 1.29 is 38.6 Å². The third-order valence-electron chi connectivity index (χ3n) is 5.41. The summed E-state index contributed by atoms with van der Waals surface area (Å²) in [4.78, 5) is 62.6. The molecule has 4 N–H and O–H groups in total. The number of benzene rings is 2. The predicted octanol–water partition coefficient (Wildman–Crippen LogP) is 2.32. The fourth-order valence-corrected chi connectivity index (χ4v) is 3.44. The van der Waals surface area contributed by atoms with Crippen LogP contribution in [-0.4, -0.2) is 53.6 Å². The summed E-state index contributed by atoms with van der Waals surface area (Å²) in [5, 5.41) is 16.8. The number of nitrogens with one attached hydrogen (secondary N) is 3. The van der Waals surface area contributed by atoms with Crippen molar-refractivity contribution in [3.8, 4) is 0 Å². The summed E-state index contributed by atoms with van der Waals surface area (Å²) in [5.74, 6) is -4.04. The van der Waals surface area contributed by atoms with E-state index in [1.807, 2.05) is 6.07 Å². The van der Waals surface area contributed by atoms with Crippen molar-refractivity contribution in [2.75, 3.05) is 6.61 Å². The standard InChI is InChI=1S/C27H33N3O8/c1-4-37-21(31)15-20(28-27(36)38-16-18-11-7-5-8-12-18)24(32)30-23(19-13-9-6-10-14-19)25(33)29-22(17(2)3)26(34)35/h5-14,17,20,22-23H,4,15-16H2,1-3H3,(H,28,36)(H,29,33)(H,30,32)(H,34,35)/t20-,22-,23-/m0/s1. The fourth-order valence-electron chi connectivity index (χ4n) is 3.44. The molecule has 0 radical (unpaired) electrons. The Balaban J connectivity index is 2.22. The van der Waals surface area contributed by atoms with Gasteiger partial charge in [0.2, 0.25) is 11.8 Å². The Hall–Kier alpha value is -4.41. The van der Waals surface area contributed by atoms with Crippen molar-refractivity contribution in [2.45, 2.75) is 51.9 Å². The highest BCUT2D eigenvalue weighted by molar-refractivity contribution is 5.95. The van der Waals surface area contributed by atoms with E-state index in [4.69, 9.17) is 9.47 Å². The highest BCUT2D eigenvalue weighted by atomic mass is 16.5. The SMILES string of the molecule is CCOC(=O)C[C@H](NC(=O)OCc1ccccc1)C(=O)N[C@H](C(=O)N[C@H](C(=O)O)C(C)C)c1ccccc1. The monoisotopic (exact) mass is 527 g/mol. The number of aliphatic carboxylic acids is 1. The summed E-state index contributed by atoms with van der Waals surface area (Å²) >= 11 is 0. The lowest BCUT2D eigenvalue weighted by atomic mass is 10.0. The van der Waals surface area contributed by atoms with Crippen LogP contribution in [0.25, 0.3) is 0 Å². The van der Waals surface area contributed by atoms with Crippen LogP contribution in [0.15, 0.2) is 60.7 Å². The topological polar surface area (TPSA) is 160 Å². The minimum atomic E-state index is -1.43. The Kier molecular flexibility index (Phi) is 11.8. The number of amides is 3. The number of alkyl carbamates (subject to hydrolysis) is 1. The summed E-state index contributed by atoms with van der Waals surface area (Å²) in [5.41, 5.74) is 1.08. The first-order valence-electron chi connectivity index (χ1n) is 12.1. The van der Waals surface area contributed by atoms with Gasteiger partial charge in [-0.3, -0.25) is 14.4 Å². The van der Waals surface area contributed by atoms with Gasteiger partial charge in [0.15, 0.2) is 0 Å². The van der Waals surface area contributed by atoms with Crippen LogP contribution < -0.4 is 16.0 Å². The molecule has 0 bridgehead atoms. The molecule has 0 aliphatic rings. The summed E-state index contributed by atoms with van der Waals surface area (Å²) in [6.07, 6.45) is -1.47. The van der Waals surface area contributed by atoms with Crippen LogP contribution in [0.1, 0.15) is 44.4 Å². The number of ether oxygens (including phenoxy) is 2. The third kappa shape index (κ3) is 9.57. The van der Waals surface area contributed by atoms with Gasteiger partial charge in [-0.1, -0.05) is 74.5 Å². The van der Waals surface area contributed by atoms with Crippen molar-refractivity contribution in [1.82, 2.24) is 16.0 Å². The van der Waals surface area contributed by atoms with Crippen molar-refractivity contribution in [3.05, 3.63) is 71.8 Å². The molecule has 3 atom stereocenters. The van der Waals surface area contributed by atoms with Gasteiger partial charge in [0.1, 0.15) is 24.7 Å². The van der Waals surface area contributed by atoms with Gasteiger partial charge in [-0.2, -0.15) is 0 Å². The predicted molar refractivity (Wildman–Crippen MR) is 137 cm³/mol. The van der Waals surface area contributed by atoms with E-state index >= 15 is 0 Å². The van der Waals surface area contributed by atoms with E-state index < -0.39 is 60.3 Å². The molecule has 0 saturated heterocycles. The number of rotatable bonds is 13. The molecule has 0 saturated carbocycles. The van der Waals surface area contributed by atoms with Gasteiger partial charge in [-0.25, -0.2) is 9.59 Å². The maximum atomic E-state index is 13.2. The second-order valence-corrected chi connectivity index (χ2v) is 8.69. The van der Waals surface area contributed by atoms with Crippen molar-refractivity contribution in [2.24, 2.45) is 5.92 Å². The van der Waals surface area contributed by atoms with Gasteiger partial charge >= 0.3 is 18.0 Å². The van der Waals surface area contributed by atoms with Crippen LogP contribution in [0.3, 0.4) is 0 Å². The number of carboxylic acids is 1. The second-order valence-electron chi connectivity index (χ2n) is 8.69. The summed E-state index contributed by atoms with van der Waals surface area (Å²) in [6.45, 7) is 4.86. The molecule has 2 aromatic carbocycles. The first-order valence-corrected chi connectivity index (χ1v) is 12.1. The average Bonchev–Trinajstić information content (AvgIpc) is 2.89. The van der Waals surface area contributed by atoms with Crippen molar-refractivity contribution in [1.29, 1.82) is 0 Å². The van der Waals surface area contributed by atoms with Gasteiger partial charge in [0.05, 0.1) is 13.0 Å². The lowest BCUT2D eigenvalue weighted by Crippen LogP contribution is -2.53. The van der Waals surface area contributed by atoms with Crippen LogP contribution >= 0.6 is 0 Å². The van der Waals surface area contributed by atoms with E-state index in [1.54, 1.807) is 75.4 Å². The molecule has 204 valence electrons. The zero-order valence-corrected chi connectivity index (χ0v) is 21.5. The number of hydrogen-bond acceptors (Lipinski definition) is 7. The Labute approximate surface area is 220 Å². The normalized spacial score (nSPS) is 12.9. The van der Waals surface area contributed by atoms with E-state index in [-0.39, 0.29) is 13.2 Å². The van der Waals surface area contributed by atoms with E-state index in [1.165, 1.54) is 0 Å². The highest BCUT2D eigenvalue weighted by Gasteiger charge is 2.32. The van der Waals surface area contributed by atoms with Gasteiger partial charge in [-0.15, -0.1) is 0 Å². The molecule has 0 unspecified atom stereocenters. The maximum absolute atomic E-state index is 13.2. The van der Waals surface area contributed by atoms with Crippen LogP contribution in [0.4, 0.5) is 4.79 Å². The average molecular weight is 528 g/mol. The molecule has 11 heteroatoms. The highest BCUT2D eigenvalue weighted by Crippen LogP contribution is 2.15. The van der Waals surface area contributed by atoms with Crippen LogP contribution in [0, 0.1) is 5.92 Å². The molecule has 0 spiro atoms. The lowest BCUT2D eigenvalue weighted by Gasteiger charge is -2.25. The minimum Gasteiger partial charge on any atom is -0.480 e. The molecule has 2 aromatic rings. The molecule has 2 rings (SSSR count). The molecular weight excluding hydrogens is 494 g/mol. The summed E-state index contributed by atoms with van der Waals surface area (Å²) < 4.78 is 10.1. The smallest absolute Gasteiger partial charge is 0.408 e. The molecule has 0 fully saturated rings. The van der Waals surface area contributed by atoms with Crippen LogP contribution in [0.2, 0.25) is 0 Å². The molecule has 3 amide bonds. The molecule has 38 heavy (non-hydrogen) atoms. The van der Waals surface area contributed by atoms with E-state index in [0.717, 1.165) is 0 Å².